The lowest BCUT2D eigenvalue weighted by Gasteiger charge is -2.10. The fraction of sp³-hybridized carbons (Fsp3) is 0.278. The molecule has 0 fully saturated rings. The molecule has 0 bridgehead atoms. The maximum atomic E-state index is 13.0. The molecule has 0 spiro atoms. The number of anilines is 2. The van der Waals surface area contributed by atoms with Gasteiger partial charge >= 0.3 is 0 Å². The standard InChI is InChI=1S/C18H20FN3/c1-2-3-6-13-22-17-8-5-4-7-16(17)21-18(22)20-15-11-9-14(19)10-12-15/h4-5,7-12H,2-3,6,13H2,1H3,(H,20,21). The summed E-state index contributed by atoms with van der Waals surface area (Å²) in [6.07, 6.45) is 3.50. The van der Waals surface area contributed by atoms with E-state index in [9.17, 15) is 4.39 Å². The Kier molecular flexibility index (Phi) is 4.37. The summed E-state index contributed by atoms with van der Waals surface area (Å²) in [4.78, 5) is 4.67. The van der Waals surface area contributed by atoms with Crippen molar-refractivity contribution in [1.29, 1.82) is 0 Å². The number of nitrogens with zero attached hydrogens (tertiary/aromatic N) is 2. The second kappa shape index (κ2) is 6.60. The minimum Gasteiger partial charge on any atom is -0.326 e. The summed E-state index contributed by atoms with van der Waals surface area (Å²) in [5.74, 6) is 0.575. The predicted molar refractivity (Wildman–Crippen MR) is 88.9 cm³/mol. The van der Waals surface area contributed by atoms with Gasteiger partial charge in [-0.3, -0.25) is 0 Å². The Labute approximate surface area is 129 Å². The van der Waals surface area contributed by atoms with Crippen molar-refractivity contribution in [1.82, 2.24) is 9.55 Å². The van der Waals surface area contributed by atoms with Crippen molar-refractivity contribution in [2.75, 3.05) is 5.32 Å². The molecule has 0 aliphatic carbocycles. The first-order valence-corrected chi connectivity index (χ1v) is 7.76. The van der Waals surface area contributed by atoms with Gasteiger partial charge in [-0.25, -0.2) is 9.37 Å². The molecule has 4 heteroatoms. The highest BCUT2D eigenvalue weighted by atomic mass is 19.1. The normalized spacial score (nSPS) is 11.0. The summed E-state index contributed by atoms with van der Waals surface area (Å²) in [6, 6.07) is 14.5. The Morgan fingerprint density at radius 1 is 1.05 bits per heavy atom. The van der Waals surface area contributed by atoms with E-state index in [1.54, 1.807) is 12.1 Å². The van der Waals surface area contributed by atoms with Crippen LogP contribution in [0, 0.1) is 5.82 Å². The lowest BCUT2D eigenvalue weighted by molar-refractivity contribution is 0.618. The van der Waals surface area contributed by atoms with Gasteiger partial charge in [0.2, 0.25) is 5.95 Å². The second-order valence-corrected chi connectivity index (χ2v) is 5.41. The van der Waals surface area contributed by atoms with Crippen LogP contribution >= 0.6 is 0 Å². The Morgan fingerprint density at radius 3 is 2.59 bits per heavy atom. The van der Waals surface area contributed by atoms with Crippen LogP contribution in [0.4, 0.5) is 16.0 Å². The zero-order valence-corrected chi connectivity index (χ0v) is 12.7. The highest BCUT2D eigenvalue weighted by Crippen LogP contribution is 2.23. The van der Waals surface area contributed by atoms with Crippen LogP contribution in [-0.2, 0) is 6.54 Å². The van der Waals surface area contributed by atoms with Crippen LogP contribution < -0.4 is 5.32 Å². The van der Waals surface area contributed by atoms with E-state index in [2.05, 4.69) is 27.9 Å². The van der Waals surface area contributed by atoms with E-state index in [1.165, 1.54) is 25.0 Å². The summed E-state index contributed by atoms with van der Waals surface area (Å²) >= 11 is 0. The topological polar surface area (TPSA) is 29.9 Å². The molecule has 3 nitrogen and oxygen atoms in total. The van der Waals surface area contributed by atoms with Crippen LogP contribution in [0.3, 0.4) is 0 Å². The average molecular weight is 297 g/mol. The number of rotatable bonds is 6. The van der Waals surface area contributed by atoms with Gasteiger partial charge in [0.1, 0.15) is 5.82 Å². The molecule has 0 radical (unpaired) electrons. The van der Waals surface area contributed by atoms with Crippen molar-refractivity contribution in [2.45, 2.75) is 32.7 Å². The van der Waals surface area contributed by atoms with Crippen molar-refractivity contribution >= 4 is 22.7 Å². The fourth-order valence-corrected chi connectivity index (χ4v) is 2.58. The number of imidazole rings is 1. The van der Waals surface area contributed by atoms with Crippen LogP contribution in [0.2, 0.25) is 0 Å². The fourth-order valence-electron chi connectivity index (χ4n) is 2.58. The molecule has 0 saturated carbocycles. The summed E-state index contributed by atoms with van der Waals surface area (Å²) in [5, 5.41) is 3.30. The third kappa shape index (κ3) is 3.11. The van der Waals surface area contributed by atoms with Gasteiger partial charge in [-0.2, -0.15) is 0 Å². The van der Waals surface area contributed by atoms with Gasteiger partial charge in [0, 0.05) is 12.2 Å². The molecule has 0 amide bonds. The van der Waals surface area contributed by atoms with Crippen LogP contribution in [-0.4, -0.2) is 9.55 Å². The third-order valence-corrected chi connectivity index (χ3v) is 3.74. The van der Waals surface area contributed by atoms with Crippen molar-refractivity contribution < 1.29 is 4.39 Å². The molecule has 0 aliphatic rings. The molecular formula is C18H20FN3. The maximum Gasteiger partial charge on any atom is 0.208 e. The first-order chi connectivity index (χ1) is 10.8. The second-order valence-electron chi connectivity index (χ2n) is 5.41. The van der Waals surface area contributed by atoms with E-state index in [1.807, 2.05) is 18.2 Å². The zero-order chi connectivity index (χ0) is 15.4. The van der Waals surface area contributed by atoms with Crippen molar-refractivity contribution in [3.63, 3.8) is 0 Å². The highest BCUT2D eigenvalue weighted by molar-refractivity contribution is 5.79. The molecule has 114 valence electrons. The average Bonchev–Trinajstić information content (AvgIpc) is 2.88. The van der Waals surface area contributed by atoms with Gasteiger partial charge in [-0.05, 0) is 42.8 Å². The smallest absolute Gasteiger partial charge is 0.208 e. The van der Waals surface area contributed by atoms with Crippen LogP contribution in [0.25, 0.3) is 11.0 Å². The van der Waals surface area contributed by atoms with Crippen LogP contribution in [0.15, 0.2) is 48.5 Å². The molecule has 1 N–H and O–H groups in total. The van der Waals surface area contributed by atoms with Crippen molar-refractivity contribution in [2.24, 2.45) is 0 Å². The van der Waals surface area contributed by atoms with E-state index >= 15 is 0 Å². The molecule has 3 rings (SSSR count). The number of aromatic nitrogens is 2. The number of para-hydroxylation sites is 2. The molecule has 0 unspecified atom stereocenters. The molecule has 0 atom stereocenters. The van der Waals surface area contributed by atoms with E-state index in [-0.39, 0.29) is 5.82 Å². The Balaban J connectivity index is 1.92. The number of hydrogen-bond donors (Lipinski definition) is 1. The maximum absolute atomic E-state index is 13.0. The molecule has 2 aromatic carbocycles. The van der Waals surface area contributed by atoms with Gasteiger partial charge < -0.3 is 9.88 Å². The third-order valence-electron chi connectivity index (χ3n) is 3.74. The minimum absolute atomic E-state index is 0.234. The number of fused-ring (bicyclic) bond motifs is 1. The van der Waals surface area contributed by atoms with E-state index in [0.29, 0.717) is 0 Å². The van der Waals surface area contributed by atoms with Crippen LogP contribution in [0.5, 0.6) is 0 Å². The lowest BCUT2D eigenvalue weighted by Crippen LogP contribution is -2.04. The van der Waals surface area contributed by atoms with Gasteiger partial charge in [-0.1, -0.05) is 31.9 Å². The predicted octanol–water partition coefficient (Wildman–Crippen LogP) is 5.11. The van der Waals surface area contributed by atoms with Gasteiger partial charge in [-0.15, -0.1) is 0 Å². The minimum atomic E-state index is -0.234. The Hall–Kier alpha value is -2.36. The first kappa shape index (κ1) is 14.6. The Morgan fingerprint density at radius 2 is 1.82 bits per heavy atom. The molecule has 3 aromatic rings. The van der Waals surface area contributed by atoms with Gasteiger partial charge in [0.05, 0.1) is 11.0 Å². The van der Waals surface area contributed by atoms with E-state index < -0.39 is 0 Å². The quantitative estimate of drug-likeness (QED) is 0.641. The summed E-state index contributed by atoms with van der Waals surface area (Å²) in [6.45, 7) is 3.13. The molecule has 1 aromatic heterocycles. The number of halogens is 1. The summed E-state index contributed by atoms with van der Waals surface area (Å²) in [5.41, 5.74) is 2.94. The van der Waals surface area contributed by atoms with Gasteiger partial charge in [0.15, 0.2) is 0 Å². The molecule has 22 heavy (non-hydrogen) atoms. The zero-order valence-electron chi connectivity index (χ0n) is 12.7. The van der Waals surface area contributed by atoms with E-state index in [0.717, 1.165) is 35.6 Å². The number of unbranched alkanes of at least 4 members (excludes halogenated alkanes) is 2. The largest absolute Gasteiger partial charge is 0.326 e. The van der Waals surface area contributed by atoms with Gasteiger partial charge in [0.25, 0.3) is 0 Å². The number of aryl methyl sites for hydroxylation is 1. The van der Waals surface area contributed by atoms with Crippen LogP contribution in [0.1, 0.15) is 26.2 Å². The summed E-state index contributed by atoms with van der Waals surface area (Å²) in [7, 11) is 0. The molecular weight excluding hydrogens is 277 g/mol. The lowest BCUT2D eigenvalue weighted by atomic mass is 10.2. The molecule has 0 saturated heterocycles. The molecule has 1 heterocycles. The Bertz CT molecular complexity index is 747. The molecule has 0 aliphatic heterocycles. The number of hydrogen-bond acceptors (Lipinski definition) is 2. The SMILES string of the molecule is CCCCCn1c(Nc2ccc(F)cc2)nc2ccccc21. The van der Waals surface area contributed by atoms with E-state index in [4.69, 9.17) is 0 Å². The number of nitrogens with one attached hydrogen (secondary N) is 1. The van der Waals surface area contributed by atoms with Crippen molar-refractivity contribution in [3.8, 4) is 0 Å². The summed E-state index contributed by atoms with van der Waals surface area (Å²) < 4.78 is 15.2. The van der Waals surface area contributed by atoms with Crippen molar-refractivity contribution in [3.05, 3.63) is 54.3 Å². The highest BCUT2D eigenvalue weighted by Gasteiger charge is 2.10. The monoisotopic (exact) mass is 297 g/mol. The first-order valence-electron chi connectivity index (χ1n) is 7.76. The number of benzene rings is 2.